The van der Waals surface area contributed by atoms with Gasteiger partial charge in [0.1, 0.15) is 5.82 Å². The van der Waals surface area contributed by atoms with Gasteiger partial charge in [-0.1, -0.05) is 11.6 Å². The van der Waals surface area contributed by atoms with Crippen molar-refractivity contribution in [2.24, 2.45) is 0 Å². The number of hydrogen-bond donors (Lipinski definition) is 0. The van der Waals surface area contributed by atoms with E-state index in [2.05, 4.69) is 9.97 Å². The summed E-state index contributed by atoms with van der Waals surface area (Å²) >= 11 is 5.80. The van der Waals surface area contributed by atoms with Crippen LogP contribution in [0.5, 0.6) is 0 Å². The minimum Gasteiger partial charge on any atom is -0.353 e. The van der Waals surface area contributed by atoms with E-state index in [4.69, 9.17) is 11.6 Å². The van der Waals surface area contributed by atoms with Crippen LogP contribution in [0.15, 0.2) is 41.7 Å². The summed E-state index contributed by atoms with van der Waals surface area (Å²) in [6.07, 6.45) is 2.39. The molecular weight excluding hydrogens is 421 g/mol. The minimum absolute atomic E-state index is 0.184. The van der Waals surface area contributed by atoms with Gasteiger partial charge in [-0.05, 0) is 24.3 Å². The summed E-state index contributed by atoms with van der Waals surface area (Å²) in [4.78, 5) is 23.4. The number of carbonyl (C=O) groups is 1. The van der Waals surface area contributed by atoms with Gasteiger partial charge in [0.05, 0.1) is 10.6 Å². The molecule has 0 saturated carbocycles. The molecule has 2 aromatic heterocycles. The van der Waals surface area contributed by atoms with E-state index >= 15 is 0 Å². The zero-order valence-electron chi connectivity index (χ0n) is 14.2. The second kappa shape index (κ2) is 7.55. The number of sulfone groups is 1. The predicted molar refractivity (Wildman–Crippen MR) is 94.8 cm³/mol. The molecule has 1 amide bonds. The molecule has 7 nitrogen and oxygen atoms in total. The molecule has 0 aliphatic carbocycles. The molecule has 0 spiro atoms. The van der Waals surface area contributed by atoms with Crippen LogP contribution in [0.2, 0.25) is 5.02 Å². The molecule has 28 heavy (non-hydrogen) atoms. The monoisotopic (exact) mass is 434 g/mol. The number of rotatable bonds is 3. The fourth-order valence-electron chi connectivity index (χ4n) is 2.74. The highest BCUT2D eigenvalue weighted by atomic mass is 35.5. The summed E-state index contributed by atoms with van der Waals surface area (Å²) < 4.78 is 62.2. The molecule has 3 rings (SSSR count). The summed E-state index contributed by atoms with van der Waals surface area (Å²) in [6.45, 7) is 1.12. The molecule has 2 aromatic rings. The van der Waals surface area contributed by atoms with Gasteiger partial charge >= 0.3 is 5.51 Å². The third-order valence-corrected chi connectivity index (χ3v) is 5.83. The number of aromatic nitrogens is 2. The predicted octanol–water partition coefficient (Wildman–Crippen LogP) is 2.39. The molecule has 0 unspecified atom stereocenters. The van der Waals surface area contributed by atoms with Crippen LogP contribution in [0.25, 0.3) is 0 Å². The van der Waals surface area contributed by atoms with Crippen LogP contribution in [0.1, 0.15) is 10.4 Å². The van der Waals surface area contributed by atoms with Gasteiger partial charge in [-0.2, -0.15) is 13.2 Å². The smallest absolute Gasteiger partial charge is 0.353 e. The van der Waals surface area contributed by atoms with Crippen molar-refractivity contribution < 1.29 is 26.4 Å². The number of amides is 1. The highest BCUT2D eigenvalue weighted by molar-refractivity contribution is 7.92. The van der Waals surface area contributed by atoms with Gasteiger partial charge in [-0.25, -0.2) is 18.4 Å². The Hall–Kier alpha value is -2.40. The highest BCUT2D eigenvalue weighted by Gasteiger charge is 2.49. The summed E-state index contributed by atoms with van der Waals surface area (Å²) in [6, 6.07) is 5.64. The normalized spacial score (nSPS) is 15.6. The van der Waals surface area contributed by atoms with E-state index in [1.165, 1.54) is 17.2 Å². The zero-order chi connectivity index (χ0) is 20.5. The van der Waals surface area contributed by atoms with Crippen molar-refractivity contribution in [2.75, 3.05) is 31.1 Å². The zero-order valence-corrected chi connectivity index (χ0v) is 15.8. The van der Waals surface area contributed by atoms with Crippen molar-refractivity contribution in [1.29, 1.82) is 0 Å². The van der Waals surface area contributed by atoms with E-state index in [0.29, 0.717) is 23.9 Å². The van der Waals surface area contributed by atoms with Crippen molar-refractivity contribution in [3.8, 4) is 0 Å². The number of halogens is 4. The molecule has 0 atom stereocenters. The van der Waals surface area contributed by atoms with Gasteiger partial charge in [-0.15, -0.1) is 0 Å². The molecule has 1 aliphatic heterocycles. The second-order valence-corrected chi connectivity index (χ2v) is 8.21. The van der Waals surface area contributed by atoms with Gasteiger partial charge in [0.15, 0.2) is 5.03 Å². The number of pyridine rings is 2. The molecule has 1 saturated heterocycles. The van der Waals surface area contributed by atoms with Crippen molar-refractivity contribution in [2.45, 2.75) is 10.5 Å². The first-order valence-corrected chi connectivity index (χ1v) is 9.89. The molecule has 12 heteroatoms. The van der Waals surface area contributed by atoms with Crippen LogP contribution in [0, 0.1) is 0 Å². The lowest BCUT2D eigenvalue weighted by Crippen LogP contribution is -2.49. The van der Waals surface area contributed by atoms with Gasteiger partial charge in [0.25, 0.3) is 15.7 Å². The first kappa shape index (κ1) is 20.3. The SMILES string of the molecule is O=C(c1cccnc1S(=O)(=O)C(F)(F)F)N1CCN(c2ccc(Cl)cn2)CC1. The number of hydrogen-bond acceptors (Lipinski definition) is 6. The number of anilines is 1. The standard InChI is InChI=1S/C16H14ClF3N4O3S/c17-11-3-4-13(22-10-11)23-6-8-24(9-7-23)15(25)12-2-1-5-21-14(12)28(26,27)16(18,19)20/h1-5,10H,6-9H2. The maximum absolute atomic E-state index is 12.9. The molecule has 1 fully saturated rings. The average Bonchev–Trinajstić information content (AvgIpc) is 2.67. The third kappa shape index (κ3) is 3.90. The maximum atomic E-state index is 12.9. The van der Waals surface area contributed by atoms with Crippen LogP contribution < -0.4 is 4.90 Å². The Morgan fingerprint density at radius 2 is 1.75 bits per heavy atom. The van der Waals surface area contributed by atoms with E-state index in [0.717, 1.165) is 12.3 Å². The Morgan fingerprint density at radius 3 is 2.32 bits per heavy atom. The Morgan fingerprint density at radius 1 is 1.07 bits per heavy atom. The Balaban J connectivity index is 1.79. The van der Waals surface area contributed by atoms with Gasteiger partial charge in [0, 0.05) is 38.6 Å². The van der Waals surface area contributed by atoms with E-state index in [-0.39, 0.29) is 13.1 Å². The van der Waals surface area contributed by atoms with E-state index in [9.17, 15) is 26.4 Å². The lowest BCUT2D eigenvalue weighted by molar-refractivity contribution is -0.0438. The molecule has 0 N–H and O–H groups in total. The summed E-state index contributed by atoms with van der Waals surface area (Å²) in [5.41, 5.74) is -6.15. The van der Waals surface area contributed by atoms with Crippen LogP contribution in [-0.4, -0.2) is 60.9 Å². The maximum Gasteiger partial charge on any atom is 0.503 e. The molecule has 1 aliphatic rings. The lowest BCUT2D eigenvalue weighted by Gasteiger charge is -2.35. The number of alkyl halides is 3. The van der Waals surface area contributed by atoms with Crippen molar-refractivity contribution >= 4 is 33.2 Å². The summed E-state index contributed by atoms with van der Waals surface area (Å²) in [5.74, 6) is -0.169. The topological polar surface area (TPSA) is 83.5 Å². The Labute approximate surface area is 163 Å². The fourth-order valence-corrected chi connectivity index (χ4v) is 3.72. The Bertz CT molecular complexity index is 975. The molecule has 3 heterocycles. The summed E-state index contributed by atoms with van der Waals surface area (Å²) in [5, 5.41) is -0.804. The quantitative estimate of drug-likeness (QED) is 0.737. The van der Waals surface area contributed by atoms with E-state index in [1.54, 1.807) is 12.1 Å². The second-order valence-electron chi connectivity index (χ2n) is 5.92. The van der Waals surface area contributed by atoms with Crippen molar-refractivity contribution in [3.63, 3.8) is 0 Å². The molecular formula is C16H14ClF3N4O3S. The summed E-state index contributed by atoms with van der Waals surface area (Å²) in [7, 11) is -5.74. The van der Waals surface area contributed by atoms with E-state index in [1.807, 2.05) is 4.90 Å². The number of piperazine rings is 1. The van der Waals surface area contributed by atoms with Crippen LogP contribution in [-0.2, 0) is 9.84 Å². The van der Waals surface area contributed by atoms with Crippen LogP contribution in [0.3, 0.4) is 0 Å². The van der Waals surface area contributed by atoms with Gasteiger partial charge in [0.2, 0.25) is 0 Å². The number of carbonyl (C=O) groups excluding carboxylic acids is 1. The molecule has 0 aromatic carbocycles. The Kier molecular flexibility index (Phi) is 5.48. The fraction of sp³-hybridized carbons (Fsp3) is 0.312. The largest absolute Gasteiger partial charge is 0.503 e. The van der Waals surface area contributed by atoms with Crippen molar-refractivity contribution in [3.05, 3.63) is 47.2 Å². The molecule has 0 bridgehead atoms. The van der Waals surface area contributed by atoms with E-state index < -0.39 is 31.8 Å². The highest BCUT2D eigenvalue weighted by Crippen LogP contribution is 2.31. The van der Waals surface area contributed by atoms with Gasteiger partial charge in [-0.3, -0.25) is 4.79 Å². The minimum atomic E-state index is -5.74. The third-order valence-electron chi connectivity index (χ3n) is 4.16. The first-order chi connectivity index (χ1) is 13.1. The average molecular weight is 435 g/mol. The van der Waals surface area contributed by atoms with Crippen LogP contribution >= 0.6 is 11.6 Å². The van der Waals surface area contributed by atoms with Crippen LogP contribution in [0.4, 0.5) is 19.0 Å². The lowest BCUT2D eigenvalue weighted by atomic mass is 10.2. The van der Waals surface area contributed by atoms with Gasteiger partial charge < -0.3 is 9.80 Å². The van der Waals surface area contributed by atoms with Crippen molar-refractivity contribution in [1.82, 2.24) is 14.9 Å². The molecule has 0 radical (unpaired) electrons. The molecule has 150 valence electrons. The first-order valence-electron chi connectivity index (χ1n) is 8.03. The number of nitrogens with zero attached hydrogens (tertiary/aromatic N) is 4.